The van der Waals surface area contributed by atoms with E-state index < -0.39 is 27.4 Å². The summed E-state index contributed by atoms with van der Waals surface area (Å²) in [6, 6.07) is 5.67. The molecule has 2 unspecified atom stereocenters. The van der Waals surface area contributed by atoms with Crippen molar-refractivity contribution >= 4 is 21.9 Å². The molecule has 1 amide bonds. The highest BCUT2D eigenvalue weighted by molar-refractivity contribution is 7.89. The lowest BCUT2D eigenvalue weighted by atomic mass is 10.0. The molecule has 8 nitrogen and oxygen atoms in total. The normalized spacial score (nSPS) is 21.7. The van der Waals surface area contributed by atoms with Crippen molar-refractivity contribution in [2.75, 3.05) is 20.1 Å². The van der Waals surface area contributed by atoms with Crippen LogP contribution in [0.2, 0.25) is 0 Å². The van der Waals surface area contributed by atoms with Crippen LogP contribution in [-0.4, -0.2) is 72.5 Å². The largest absolute Gasteiger partial charge is 0.480 e. The van der Waals surface area contributed by atoms with E-state index in [1.165, 1.54) is 49.5 Å². The maximum Gasteiger partial charge on any atom is 0.329 e. The Morgan fingerprint density at radius 3 is 2.30 bits per heavy atom. The van der Waals surface area contributed by atoms with Crippen molar-refractivity contribution in [1.82, 2.24) is 9.21 Å². The molecule has 1 N–H and O–H groups in total. The van der Waals surface area contributed by atoms with E-state index in [2.05, 4.69) is 0 Å². The second kappa shape index (κ2) is 7.57. The summed E-state index contributed by atoms with van der Waals surface area (Å²) in [6.07, 6.45) is -0.452. The summed E-state index contributed by atoms with van der Waals surface area (Å²) in [4.78, 5) is 25.2. The quantitative estimate of drug-likeness (QED) is 0.804. The molecule has 9 heteroatoms. The number of hydrogen-bond acceptors (Lipinski definition) is 5. The molecular weight excluding hydrogens is 372 g/mol. The molecule has 0 saturated carbocycles. The van der Waals surface area contributed by atoms with Gasteiger partial charge in [0.2, 0.25) is 10.0 Å². The number of carboxylic acids is 1. The molecule has 0 aromatic heterocycles. The molecule has 1 aliphatic rings. The Morgan fingerprint density at radius 2 is 1.78 bits per heavy atom. The zero-order chi connectivity index (χ0) is 20.6. The summed E-state index contributed by atoms with van der Waals surface area (Å²) < 4.78 is 32.9. The van der Waals surface area contributed by atoms with E-state index in [0.29, 0.717) is 0 Å². The van der Waals surface area contributed by atoms with Gasteiger partial charge in [-0.05, 0) is 45.9 Å². The van der Waals surface area contributed by atoms with Crippen LogP contribution in [0.15, 0.2) is 29.2 Å². The van der Waals surface area contributed by atoms with Crippen LogP contribution in [0.25, 0.3) is 0 Å². The monoisotopic (exact) mass is 398 g/mol. The lowest BCUT2D eigenvalue weighted by Crippen LogP contribution is -2.50. The average Bonchev–Trinajstić information content (AvgIpc) is 2.59. The smallest absolute Gasteiger partial charge is 0.329 e. The summed E-state index contributed by atoms with van der Waals surface area (Å²) in [5, 5.41) is 9.30. The van der Waals surface area contributed by atoms with Crippen LogP contribution in [0.1, 0.15) is 38.1 Å². The molecule has 27 heavy (non-hydrogen) atoms. The predicted octanol–water partition coefficient (Wildman–Crippen LogP) is 1.42. The Morgan fingerprint density at radius 1 is 1.22 bits per heavy atom. The van der Waals surface area contributed by atoms with E-state index in [1.807, 2.05) is 0 Å². The van der Waals surface area contributed by atoms with Crippen LogP contribution in [-0.2, 0) is 19.6 Å². The Labute approximate surface area is 159 Å². The van der Waals surface area contributed by atoms with Crippen LogP contribution in [0.4, 0.5) is 0 Å². The molecule has 0 spiro atoms. The summed E-state index contributed by atoms with van der Waals surface area (Å²) >= 11 is 0. The number of nitrogens with zero attached hydrogens (tertiary/aromatic N) is 2. The van der Waals surface area contributed by atoms with Crippen molar-refractivity contribution in [2.24, 2.45) is 0 Å². The number of aliphatic carboxylic acids is 1. The fraction of sp³-hybridized carbons (Fsp3) is 0.556. The van der Waals surface area contributed by atoms with Gasteiger partial charge in [0.25, 0.3) is 5.91 Å². The highest BCUT2D eigenvalue weighted by Crippen LogP contribution is 2.23. The van der Waals surface area contributed by atoms with Gasteiger partial charge in [0, 0.05) is 25.7 Å². The van der Waals surface area contributed by atoms with E-state index in [9.17, 15) is 23.1 Å². The molecule has 1 aromatic carbocycles. The van der Waals surface area contributed by atoms with E-state index in [0.717, 1.165) is 4.90 Å². The molecular formula is C18H26N2O6S. The Balaban J connectivity index is 2.34. The van der Waals surface area contributed by atoms with E-state index in [1.54, 1.807) is 13.8 Å². The third-order valence-corrected chi connectivity index (χ3v) is 6.60. The van der Waals surface area contributed by atoms with E-state index in [4.69, 9.17) is 4.74 Å². The summed E-state index contributed by atoms with van der Waals surface area (Å²) in [5.74, 6) is -1.72. The predicted molar refractivity (Wildman–Crippen MR) is 99.0 cm³/mol. The summed E-state index contributed by atoms with van der Waals surface area (Å²) in [6.45, 7) is 6.89. The maximum absolute atomic E-state index is 13.0. The zero-order valence-electron chi connectivity index (χ0n) is 16.2. The molecule has 150 valence electrons. The highest BCUT2D eigenvalue weighted by Gasteiger charge is 2.36. The van der Waals surface area contributed by atoms with Crippen molar-refractivity contribution in [3.8, 4) is 0 Å². The fourth-order valence-corrected chi connectivity index (χ4v) is 4.49. The Hall–Kier alpha value is -1.97. The molecule has 2 rings (SSSR count). The topological polar surface area (TPSA) is 104 Å². The number of sulfonamides is 1. The fourth-order valence-electron chi connectivity index (χ4n) is 2.86. The number of carbonyl (C=O) groups is 2. The highest BCUT2D eigenvalue weighted by atomic mass is 32.2. The molecule has 0 bridgehead atoms. The first-order chi connectivity index (χ1) is 12.4. The summed E-state index contributed by atoms with van der Waals surface area (Å²) in [5.41, 5.74) is -1.32. The second-order valence-electron chi connectivity index (χ2n) is 7.34. The van der Waals surface area contributed by atoms with Crippen molar-refractivity contribution in [3.05, 3.63) is 29.8 Å². The van der Waals surface area contributed by atoms with Crippen molar-refractivity contribution < 1.29 is 27.9 Å². The lowest BCUT2D eigenvalue weighted by Gasteiger charge is -2.34. The van der Waals surface area contributed by atoms with Crippen molar-refractivity contribution in [1.29, 1.82) is 0 Å². The van der Waals surface area contributed by atoms with Gasteiger partial charge in [-0.25, -0.2) is 13.2 Å². The van der Waals surface area contributed by atoms with Gasteiger partial charge in [-0.1, -0.05) is 6.07 Å². The number of benzene rings is 1. The number of hydrogen-bond donors (Lipinski definition) is 1. The minimum atomic E-state index is -3.80. The van der Waals surface area contributed by atoms with Gasteiger partial charge >= 0.3 is 5.97 Å². The minimum absolute atomic E-state index is 0.00354. The van der Waals surface area contributed by atoms with Crippen LogP contribution >= 0.6 is 0 Å². The number of carboxylic acid groups (broad SMARTS) is 1. The first-order valence-corrected chi connectivity index (χ1v) is 10.1. The third-order valence-electron chi connectivity index (χ3n) is 4.77. The van der Waals surface area contributed by atoms with Gasteiger partial charge in [-0.3, -0.25) is 4.79 Å². The van der Waals surface area contributed by atoms with E-state index >= 15 is 0 Å². The van der Waals surface area contributed by atoms with Gasteiger partial charge in [0.1, 0.15) is 5.54 Å². The molecule has 2 atom stereocenters. The Bertz CT molecular complexity index is 826. The molecule has 1 fully saturated rings. The van der Waals surface area contributed by atoms with Crippen molar-refractivity contribution in [3.63, 3.8) is 0 Å². The lowest BCUT2D eigenvalue weighted by molar-refractivity contribution is -0.147. The molecule has 1 saturated heterocycles. The van der Waals surface area contributed by atoms with Crippen LogP contribution in [0.5, 0.6) is 0 Å². The summed E-state index contributed by atoms with van der Waals surface area (Å²) in [7, 11) is -2.42. The maximum atomic E-state index is 13.0. The molecule has 0 aliphatic carbocycles. The number of likely N-dealkylation sites (N-methyl/N-ethyl adjacent to an activating group) is 1. The number of carbonyl (C=O) groups excluding carboxylic acids is 1. The zero-order valence-corrected chi connectivity index (χ0v) is 17.0. The first-order valence-electron chi connectivity index (χ1n) is 8.64. The van der Waals surface area contributed by atoms with Crippen LogP contribution in [0.3, 0.4) is 0 Å². The van der Waals surface area contributed by atoms with E-state index in [-0.39, 0.29) is 35.8 Å². The standard InChI is InChI=1S/C18H26N2O6S/c1-12-10-20(11-13(2)26-12)27(24,25)15-8-6-7-14(9-15)16(21)19(5)18(3,4)17(22)23/h6-9,12-13H,10-11H2,1-5H3,(H,22,23). The van der Waals surface area contributed by atoms with Crippen LogP contribution in [0, 0.1) is 0 Å². The SMILES string of the molecule is CC1CN(S(=O)(=O)c2cccc(C(=O)N(C)C(C)(C)C(=O)O)c2)CC(C)O1. The Kier molecular flexibility index (Phi) is 5.98. The second-order valence-corrected chi connectivity index (χ2v) is 9.27. The molecule has 1 heterocycles. The van der Waals surface area contributed by atoms with Gasteiger partial charge < -0.3 is 14.7 Å². The molecule has 1 aromatic rings. The number of amides is 1. The third kappa shape index (κ3) is 4.31. The van der Waals surface area contributed by atoms with Gasteiger partial charge in [-0.2, -0.15) is 4.31 Å². The number of morpholine rings is 1. The minimum Gasteiger partial charge on any atom is -0.480 e. The van der Waals surface area contributed by atoms with Gasteiger partial charge in [0.15, 0.2) is 0 Å². The average molecular weight is 398 g/mol. The van der Waals surface area contributed by atoms with Crippen LogP contribution < -0.4 is 0 Å². The van der Waals surface area contributed by atoms with Gasteiger partial charge in [-0.15, -0.1) is 0 Å². The number of rotatable bonds is 5. The molecule has 0 radical (unpaired) electrons. The number of ether oxygens (including phenoxy) is 1. The van der Waals surface area contributed by atoms with Gasteiger partial charge in [0.05, 0.1) is 17.1 Å². The van der Waals surface area contributed by atoms with Crippen molar-refractivity contribution in [2.45, 2.75) is 50.3 Å². The molecule has 1 aliphatic heterocycles. The first kappa shape index (κ1) is 21.3.